The Balaban J connectivity index is 1.84. The molecule has 126 valence electrons. The molecular weight excluding hydrogens is 299 g/mol. The Kier molecular flexibility index (Phi) is 6.10. The van der Waals surface area contributed by atoms with Crippen LogP contribution in [0.1, 0.15) is 42.5 Å². The Labute approximate surface area is 135 Å². The lowest BCUT2D eigenvalue weighted by molar-refractivity contribution is -0.122. The molecule has 1 aliphatic rings. The van der Waals surface area contributed by atoms with Crippen molar-refractivity contribution >= 4 is 11.7 Å². The van der Waals surface area contributed by atoms with Gasteiger partial charge in [0.05, 0.1) is 7.11 Å². The summed E-state index contributed by atoms with van der Waals surface area (Å²) in [4.78, 5) is 24.0. The first-order valence-electron chi connectivity index (χ1n) is 7.91. The SMILES string of the molecule is COc1ccc(C(=O)CCC(=O)NC2CCCC2CN)cc1F. The van der Waals surface area contributed by atoms with Crippen molar-refractivity contribution in [1.82, 2.24) is 5.32 Å². The lowest BCUT2D eigenvalue weighted by atomic mass is 10.0. The van der Waals surface area contributed by atoms with Crippen LogP contribution in [0.4, 0.5) is 4.39 Å². The standard InChI is InChI=1S/C17H23FN2O3/c1-23-16-7-5-11(9-13(16)18)15(21)6-8-17(22)20-14-4-2-3-12(14)10-19/h5,7,9,12,14H,2-4,6,8,10,19H2,1H3,(H,20,22). The van der Waals surface area contributed by atoms with E-state index in [0.717, 1.165) is 25.3 Å². The van der Waals surface area contributed by atoms with Crippen LogP contribution in [0.15, 0.2) is 18.2 Å². The van der Waals surface area contributed by atoms with Crippen LogP contribution in [0.25, 0.3) is 0 Å². The highest BCUT2D eigenvalue weighted by molar-refractivity contribution is 5.98. The molecule has 5 nitrogen and oxygen atoms in total. The second kappa shape index (κ2) is 8.06. The summed E-state index contributed by atoms with van der Waals surface area (Å²) in [6, 6.07) is 4.16. The van der Waals surface area contributed by atoms with Crippen molar-refractivity contribution in [2.24, 2.45) is 11.7 Å². The second-order valence-electron chi connectivity index (χ2n) is 5.87. The molecule has 0 spiro atoms. The highest BCUT2D eigenvalue weighted by atomic mass is 19.1. The van der Waals surface area contributed by atoms with Gasteiger partial charge in [-0.05, 0) is 43.5 Å². The van der Waals surface area contributed by atoms with Crippen molar-refractivity contribution in [1.29, 1.82) is 0 Å². The monoisotopic (exact) mass is 322 g/mol. The van der Waals surface area contributed by atoms with Gasteiger partial charge < -0.3 is 15.8 Å². The Bertz CT molecular complexity index is 577. The van der Waals surface area contributed by atoms with E-state index in [-0.39, 0.29) is 41.9 Å². The Morgan fingerprint density at radius 3 is 2.78 bits per heavy atom. The first-order chi connectivity index (χ1) is 11.0. The predicted molar refractivity (Wildman–Crippen MR) is 84.8 cm³/mol. The molecule has 0 aliphatic heterocycles. The van der Waals surface area contributed by atoms with Crippen molar-refractivity contribution in [3.8, 4) is 5.75 Å². The number of ketones is 1. The van der Waals surface area contributed by atoms with Crippen molar-refractivity contribution in [2.75, 3.05) is 13.7 Å². The fourth-order valence-electron chi connectivity index (χ4n) is 3.00. The van der Waals surface area contributed by atoms with E-state index in [9.17, 15) is 14.0 Å². The minimum absolute atomic E-state index is 0.0532. The zero-order chi connectivity index (χ0) is 16.8. The van der Waals surface area contributed by atoms with E-state index in [0.29, 0.717) is 12.5 Å². The Morgan fingerprint density at radius 1 is 1.35 bits per heavy atom. The molecule has 0 radical (unpaired) electrons. The zero-order valence-corrected chi connectivity index (χ0v) is 13.3. The van der Waals surface area contributed by atoms with E-state index in [1.807, 2.05) is 0 Å². The van der Waals surface area contributed by atoms with Crippen LogP contribution >= 0.6 is 0 Å². The molecule has 6 heteroatoms. The maximum absolute atomic E-state index is 13.6. The summed E-state index contributed by atoms with van der Waals surface area (Å²) < 4.78 is 18.4. The fourth-order valence-corrected chi connectivity index (χ4v) is 3.00. The molecule has 3 N–H and O–H groups in total. The number of carbonyl (C=O) groups is 2. The summed E-state index contributed by atoms with van der Waals surface area (Å²) >= 11 is 0. The van der Waals surface area contributed by atoms with Crippen molar-refractivity contribution in [3.63, 3.8) is 0 Å². The van der Waals surface area contributed by atoms with Gasteiger partial charge in [0.25, 0.3) is 0 Å². The molecule has 2 rings (SSSR count). The van der Waals surface area contributed by atoms with Crippen LogP contribution in [0, 0.1) is 11.7 Å². The minimum Gasteiger partial charge on any atom is -0.494 e. The third-order valence-corrected chi connectivity index (χ3v) is 4.36. The molecule has 0 bridgehead atoms. The van der Waals surface area contributed by atoms with Gasteiger partial charge in [-0.25, -0.2) is 4.39 Å². The number of halogens is 1. The van der Waals surface area contributed by atoms with Gasteiger partial charge >= 0.3 is 0 Å². The summed E-state index contributed by atoms with van der Waals surface area (Å²) in [6.07, 6.45) is 3.19. The van der Waals surface area contributed by atoms with Crippen molar-refractivity contribution < 1.29 is 18.7 Å². The van der Waals surface area contributed by atoms with Gasteiger partial charge in [-0.15, -0.1) is 0 Å². The highest BCUT2D eigenvalue weighted by Crippen LogP contribution is 2.24. The number of amides is 1. The smallest absolute Gasteiger partial charge is 0.220 e. The predicted octanol–water partition coefficient (Wildman–Crippen LogP) is 2.04. The number of nitrogens with two attached hydrogens (primary N) is 1. The molecule has 1 aliphatic carbocycles. The van der Waals surface area contributed by atoms with Gasteiger partial charge in [-0.2, -0.15) is 0 Å². The van der Waals surface area contributed by atoms with E-state index in [2.05, 4.69) is 5.32 Å². The topological polar surface area (TPSA) is 81.4 Å². The quantitative estimate of drug-likeness (QED) is 0.753. The van der Waals surface area contributed by atoms with Crippen molar-refractivity contribution in [2.45, 2.75) is 38.1 Å². The number of methoxy groups -OCH3 is 1. The molecule has 1 aromatic carbocycles. The van der Waals surface area contributed by atoms with Crippen LogP contribution < -0.4 is 15.8 Å². The number of hydrogen-bond donors (Lipinski definition) is 2. The number of hydrogen-bond acceptors (Lipinski definition) is 4. The first-order valence-corrected chi connectivity index (χ1v) is 7.91. The van der Waals surface area contributed by atoms with Crippen molar-refractivity contribution in [3.05, 3.63) is 29.6 Å². The van der Waals surface area contributed by atoms with E-state index in [4.69, 9.17) is 10.5 Å². The van der Waals surface area contributed by atoms with Gasteiger partial charge in [0.1, 0.15) is 0 Å². The Hall–Kier alpha value is -1.95. The molecule has 0 aromatic heterocycles. The summed E-state index contributed by atoms with van der Waals surface area (Å²) in [5, 5.41) is 2.95. The van der Waals surface area contributed by atoms with Crippen LogP contribution in [-0.2, 0) is 4.79 Å². The Morgan fingerprint density at radius 2 is 2.13 bits per heavy atom. The van der Waals surface area contributed by atoms with Gasteiger partial charge in [0.2, 0.25) is 5.91 Å². The fraction of sp³-hybridized carbons (Fsp3) is 0.529. The number of benzene rings is 1. The maximum Gasteiger partial charge on any atom is 0.220 e. The van der Waals surface area contributed by atoms with Crippen LogP contribution in [0.5, 0.6) is 5.75 Å². The summed E-state index contributed by atoms with van der Waals surface area (Å²) in [6.45, 7) is 0.564. The number of Topliss-reactive ketones (excluding diaryl/α,β-unsaturated/α-hetero) is 1. The van der Waals surface area contributed by atoms with Gasteiger partial charge in [0.15, 0.2) is 17.3 Å². The van der Waals surface area contributed by atoms with E-state index < -0.39 is 5.82 Å². The average Bonchev–Trinajstić information content (AvgIpc) is 2.99. The number of carbonyl (C=O) groups excluding carboxylic acids is 2. The zero-order valence-electron chi connectivity index (χ0n) is 13.3. The molecule has 2 unspecified atom stereocenters. The van der Waals surface area contributed by atoms with Gasteiger partial charge in [-0.3, -0.25) is 9.59 Å². The molecular formula is C17H23FN2O3. The van der Waals surface area contributed by atoms with Crippen LogP contribution in [-0.4, -0.2) is 31.4 Å². The third-order valence-electron chi connectivity index (χ3n) is 4.36. The van der Waals surface area contributed by atoms with E-state index >= 15 is 0 Å². The second-order valence-corrected chi connectivity index (χ2v) is 5.87. The maximum atomic E-state index is 13.6. The van der Waals surface area contributed by atoms with Gasteiger partial charge in [0, 0.05) is 24.4 Å². The molecule has 1 saturated carbocycles. The first kappa shape index (κ1) is 17.4. The highest BCUT2D eigenvalue weighted by Gasteiger charge is 2.27. The molecule has 0 saturated heterocycles. The number of ether oxygens (including phenoxy) is 1. The summed E-state index contributed by atoms with van der Waals surface area (Å²) in [7, 11) is 1.36. The molecule has 1 amide bonds. The van der Waals surface area contributed by atoms with E-state index in [1.54, 1.807) is 0 Å². The lowest BCUT2D eigenvalue weighted by Crippen LogP contribution is -2.39. The minimum atomic E-state index is -0.584. The van der Waals surface area contributed by atoms with Gasteiger partial charge in [-0.1, -0.05) is 6.42 Å². The summed E-state index contributed by atoms with van der Waals surface area (Å²) in [5.41, 5.74) is 5.93. The summed E-state index contributed by atoms with van der Waals surface area (Å²) in [5.74, 6) is -0.584. The molecule has 0 heterocycles. The average molecular weight is 322 g/mol. The van der Waals surface area contributed by atoms with Crippen LogP contribution in [0.2, 0.25) is 0 Å². The van der Waals surface area contributed by atoms with E-state index in [1.165, 1.54) is 19.2 Å². The van der Waals surface area contributed by atoms with Crippen LogP contribution in [0.3, 0.4) is 0 Å². The number of nitrogens with one attached hydrogen (secondary N) is 1. The molecule has 23 heavy (non-hydrogen) atoms. The lowest BCUT2D eigenvalue weighted by Gasteiger charge is -2.19. The third kappa shape index (κ3) is 4.51. The largest absolute Gasteiger partial charge is 0.494 e. The molecule has 2 atom stereocenters. The molecule has 1 aromatic rings. The number of rotatable bonds is 7. The molecule has 1 fully saturated rings. The normalized spacial score (nSPS) is 20.3.